The van der Waals surface area contributed by atoms with E-state index in [1.54, 1.807) is 24.3 Å². The van der Waals surface area contributed by atoms with Crippen LogP contribution in [0.3, 0.4) is 0 Å². The lowest BCUT2D eigenvalue weighted by Gasteiger charge is -2.10. The van der Waals surface area contributed by atoms with Crippen molar-refractivity contribution in [1.82, 2.24) is 10.2 Å². The quantitative estimate of drug-likeness (QED) is 0.879. The van der Waals surface area contributed by atoms with Crippen molar-refractivity contribution in [2.75, 3.05) is 5.32 Å². The van der Waals surface area contributed by atoms with E-state index in [0.717, 1.165) is 9.35 Å². The molecule has 0 saturated carbocycles. The van der Waals surface area contributed by atoms with E-state index in [9.17, 15) is 4.79 Å². The van der Waals surface area contributed by atoms with Crippen molar-refractivity contribution in [3.63, 3.8) is 0 Å². The maximum Gasteiger partial charge on any atom is 0.237 e. The largest absolute Gasteiger partial charge is 0.325 e. The minimum absolute atomic E-state index is 0.127. The first-order valence-electron chi connectivity index (χ1n) is 5.86. The van der Waals surface area contributed by atoms with Gasteiger partial charge in [0, 0.05) is 5.69 Å². The van der Waals surface area contributed by atoms with Crippen molar-refractivity contribution < 1.29 is 4.79 Å². The molecule has 0 aliphatic rings. The average Bonchev–Trinajstić information content (AvgIpc) is 2.84. The fourth-order valence-electron chi connectivity index (χ4n) is 1.44. The normalized spacial score (nSPS) is 11.7. The molecule has 0 spiro atoms. The zero-order valence-corrected chi connectivity index (χ0v) is 12.6. The molecule has 0 aliphatic heterocycles. The second-order valence-electron chi connectivity index (χ2n) is 4.03. The van der Waals surface area contributed by atoms with Gasteiger partial charge in [-0.15, -0.1) is 10.2 Å². The lowest BCUT2D eigenvalue weighted by molar-refractivity contribution is -0.115. The molecule has 2 aromatic rings. The highest BCUT2D eigenvalue weighted by Gasteiger charge is 2.16. The zero-order chi connectivity index (χ0) is 14.5. The standard InChI is InChI=1S/C13H12N4OS2/c1-8(19-13-17-16-9(2)20-13)12(18)15-11-5-3-4-10(6-11)7-14/h3-6,8H,1-2H3,(H,15,18). The number of thioether (sulfide) groups is 1. The molecular formula is C13H12N4OS2. The Hall–Kier alpha value is -1.91. The Morgan fingerprint density at radius 1 is 1.50 bits per heavy atom. The first kappa shape index (κ1) is 14.5. The molecule has 0 radical (unpaired) electrons. The van der Waals surface area contributed by atoms with Crippen molar-refractivity contribution in [1.29, 1.82) is 5.26 Å². The van der Waals surface area contributed by atoms with E-state index < -0.39 is 0 Å². The summed E-state index contributed by atoms with van der Waals surface area (Å²) in [7, 11) is 0. The van der Waals surface area contributed by atoms with Gasteiger partial charge in [-0.05, 0) is 32.0 Å². The molecule has 2 rings (SSSR count). The Bertz CT molecular complexity index is 662. The maximum atomic E-state index is 12.1. The van der Waals surface area contributed by atoms with E-state index in [2.05, 4.69) is 15.5 Å². The van der Waals surface area contributed by atoms with Crippen molar-refractivity contribution in [3.8, 4) is 6.07 Å². The van der Waals surface area contributed by atoms with Crippen molar-refractivity contribution in [2.24, 2.45) is 0 Å². The first-order valence-corrected chi connectivity index (χ1v) is 7.56. The number of carbonyl (C=O) groups excluding carboxylic acids is 1. The second-order valence-corrected chi connectivity index (χ2v) is 6.80. The first-order chi connectivity index (χ1) is 9.58. The van der Waals surface area contributed by atoms with Crippen LogP contribution in [0.15, 0.2) is 28.6 Å². The molecule has 1 aromatic heterocycles. The van der Waals surface area contributed by atoms with E-state index >= 15 is 0 Å². The summed E-state index contributed by atoms with van der Waals surface area (Å²) in [5, 5.41) is 20.1. The molecule has 1 amide bonds. The predicted molar refractivity (Wildman–Crippen MR) is 79.8 cm³/mol. The van der Waals surface area contributed by atoms with Crippen LogP contribution in [0.5, 0.6) is 0 Å². The smallest absolute Gasteiger partial charge is 0.237 e. The van der Waals surface area contributed by atoms with Gasteiger partial charge in [-0.1, -0.05) is 29.2 Å². The second kappa shape index (κ2) is 6.50. The van der Waals surface area contributed by atoms with Gasteiger partial charge in [0.2, 0.25) is 5.91 Å². The van der Waals surface area contributed by atoms with Gasteiger partial charge < -0.3 is 5.32 Å². The summed E-state index contributed by atoms with van der Waals surface area (Å²) in [4.78, 5) is 12.1. The molecule has 1 N–H and O–H groups in total. The average molecular weight is 304 g/mol. The number of aromatic nitrogens is 2. The van der Waals surface area contributed by atoms with E-state index in [1.165, 1.54) is 23.1 Å². The molecule has 1 atom stereocenters. The third-order valence-electron chi connectivity index (χ3n) is 2.41. The minimum Gasteiger partial charge on any atom is -0.325 e. The summed E-state index contributed by atoms with van der Waals surface area (Å²) < 4.78 is 0.774. The van der Waals surface area contributed by atoms with Gasteiger partial charge in [0.1, 0.15) is 5.01 Å². The van der Waals surface area contributed by atoms with E-state index in [1.807, 2.05) is 19.9 Å². The maximum absolute atomic E-state index is 12.1. The highest BCUT2D eigenvalue weighted by Crippen LogP contribution is 2.26. The number of hydrogen-bond acceptors (Lipinski definition) is 6. The van der Waals surface area contributed by atoms with Crippen LogP contribution < -0.4 is 5.32 Å². The zero-order valence-electron chi connectivity index (χ0n) is 11.0. The highest BCUT2D eigenvalue weighted by molar-refractivity contribution is 8.02. The number of rotatable bonds is 4. The number of nitrogens with one attached hydrogen (secondary N) is 1. The number of hydrogen-bond donors (Lipinski definition) is 1. The Balaban J connectivity index is 1.98. The number of aryl methyl sites for hydroxylation is 1. The number of carbonyl (C=O) groups is 1. The van der Waals surface area contributed by atoms with Crippen LogP contribution in [-0.2, 0) is 4.79 Å². The van der Waals surface area contributed by atoms with Gasteiger partial charge in [-0.2, -0.15) is 5.26 Å². The van der Waals surface area contributed by atoms with Crippen LogP contribution in [-0.4, -0.2) is 21.4 Å². The Morgan fingerprint density at radius 3 is 2.95 bits per heavy atom. The minimum atomic E-state index is -0.284. The van der Waals surface area contributed by atoms with Gasteiger partial charge >= 0.3 is 0 Å². The number of nitriles is 1. The van der Waals surface area contributed by atoms with Gasteiger partial charge in [0.25, 0.3) is 0 Å². The summed E-state index contributed by atoms with van der Waals surface area (Å²) in [5.41, 5.74) is 1.14. The SMILES string of the molecule is Cc1nnc(SC(C)C(=O)Nc2cccc(C#N)c2)s1. The fraction of sp³-hybridized carbons (Fsp3) is 0.231. The summed E-state index contributed by atoms with van der Waals surface area (Å²) in [6.07, 6.45) is 0. The van der Waals surface area contributed by atoms with Crippen LogP contribution in [0.2, 0.25) is 0 Å². The van der Waals surface area contributed by atoms with Gasteiger partial charge in [0.05, 0.1) is 16.9 Å². The number of anilines is 1. The summed E-state index contributed by atoms with van der Waals surface area (Å²) in [6.45, 7) is 3.69. The Morgan fingerprint density at radius 2 is 2.30 bits per heavy atom. The van der Waals surface area contributed by atoms with Gasteiger partial charge in [-0.3, -0.25) is 4.79 Å². The molecule has 20 heavy (non-hydrogen) atoms. The van der Waals surface area contributed by atoms with Crippen LogP contribution in [0.25, 0.3) is 0 Å². The van der Waals surface area contributed by atoms with Crippen molar-refractivity contribution in [3.05, 3.63) is 34.8 Å². The number of amides is 1. The van der Waals surface area contributed by atoms with Gasteiger partial charge in [0.15, 0.2) is 4.34 Å². The molecule has 0 fully saturated rings. The summed E-state index contributed by atoms with van der Waals surface area (Å²) >= 11 is 2.83. The molecule has 1 aromatic carbocycles. The molecule has 5 nitrogen and oxygen atoms in total. The van der Waals surface area contributed by atoms with Crippen LogP contribution in [0.4, 0.5) is 5.69 Å². The Labute approximate surface area is 125 Å². The molecule has 0 saturated heterocycles. The Kier molecular flexibility index (Phi) is 4.71. The number of nitrogens with zero attached hydrogens (tertiary/aromatic N) is 3. The molecule has 0 bridgehead atoms. The van der Waals surface area contributed by atoms with Gasteiger partial charge in [-0.25, -0.2) is 0 Å². The topological polar surface area (TPSA) is 78.7 Å². The molecule has 7 heteroatoms. The van der Waals surface area contributed by atoms with Crippen LogP contribution in [0.1, 0.15) is 17.5 Å². The lowest BCUT2D eigenvalue weighted by Crippen LogP contribution is -2.22. The van der Waals surface area contributed by atoms with Crippen LogP contribution >= 0.6 is 23.1 Å². The monoisotopic (exact) mass is 304 g/mol. The molecule has 0 aliphatic carbocycles. The molecular weight excluding hydrogens is 292 g/mol. The third-order valence-corrected chi connectivity index (χ3v) is 4.44. The summed E-state index contributed by atoms with van der Waals surface area (Å²) in [5.74, 6) is -0.127. The van der Waals surface area contributed by atoms with E-state index in [-0.39, 0.29) is 11.2 Å². The molecule has 102 valence electrons. The van der Waals surface area contributed by atoms with Crippen LogP contribution in [0, 0.1) is 18.3 Å². The molecule has 1 unspecified atom stereocenters. The predicted octanol–water partition coefficient (Wildman–Crippen LogP) is 2.84. The fourth-order valence-corrected chi connectivity index (χ4v) is 3.40. The van der Waals surface area contributed by atoms with Crippen molar-refractivity contribution >= 4 is 34.7 Å². The summed E-state index contributed by atoms with van der Waals surface area (Å²) in [6, 6.07) is 8.87. The van der Waals surface area contributed by atoms with E-state index in [0.29, 0.717) is 11.3 Å². The highest BCUT2D eigenvalue weighted by atomic mass is 32.2. The molecule has 1 heterocycles. The van der Waals surface area contributed by atoms with Crippen molar-refractivity contribution in [2.45, 2.75) is 23.4 Å². The lowest BCUT2D eigenvalue weighted by atomic mass is 10.2. The third kappa shape index (κ3) is 3.79. The number of benzene rings is 1. The van der Waals surface area contributed by atoms with E-state index in [4.69, 9.17) is 5.26 Å².